The number of benzene rings is 1. The van der Waals surface area contributed by atoms with Gasteiger partial charge in [0.25, 0.3) is 5.56 Å². The van der Waals surface area contributed by atoms with Crippen LogP contribution in [0.3, 0.4) is 0 Å². The first-order valence-electron chi connectivity index (χ1n) is 10.8. The first-order chi connectivity index (χ1) is 15.7. The van der Waals surface area contributed by atoms with Crippen LogP contribution in [-0.2, 0) is 13.1 Å². The molecule has 9 heteroatoms. The normalized spacial score (nSPS) is 12.3. The Bertz CT molecular complexity index is 1260. The minimum atomic E-state index is -2.52. The number of ether oxygens (including phenoxy) is 2. The molecule has 31 heavy (non-hydrogen) atoms. The van der Waals surface area contributed by atoms with Crippen molar-refractivity contribution in [1.82, 2.24) is 19.1 Å². The molecule has 0 atom stereocenters. The fraction of sp³-hybridized carbons (Fsp3) is 0.318. The Morgan fingerprint density at radius 2 is 1.94 bits per heavy atom. The number of aromatic nitrogens is 4. The third kappa shape index (κ3) is 5.13. The second-order valence-electron chi connectivity index (χ2n) is 6.65. The summed E-state index contributed by atoms with van der Waals surface area (Å²) in [5.41, 5.74) is -1.14. The standard InChI is InChI=1S/C22H26N4O5/c1-3-5-6-11-25-19-18(20(28)26(22(25)29)12-8-13-27)23-21(24-19)31-17-10-7-9-16(15-17)30-14-4-2/h3-4,7,9-10,15,27H,1-2,5-6,8,11-14H2,(H,23,24)/i13D2. The van der Waals surface area contributed by atoms with Crippen molar-refractivity contribution in [1.29, 1.82) is 0 Å². The summed E-state index contributed by atoms with van der Waals surface area (Å²) in [5.74, 6) is 0.968. The lowest BCUT2D eigenvalue weighted by molar-refractivity contribution is 0.277. The molecule has 0 spiro atoms. The molecule has 1 aromatic carbocycles. The number of allylic oxidation sites excluding steroid dienone is 1. The third-order valence-corrected chi connectivity index (χ3v) is 4.46. The molecule has 9 nitrogen and oxygen atoms in total. The maximum Gasteiger partial charge on any atom is 0.332 e. The number of aryl methyl sites for hydroxylation is 1. The molecular weight excluding hydrogens is 400 g/mol. The van der Waals surface area contributed by atoms with E-state index in [0.29, 0.717) is 30.9 Å². The van der Waals surface area contributed by atoms with E-state index < -0.39 is 24.2 Å². The third-order valence-electron chi connectivity index (χ3n) is 4.46. The van der Waals surface area contributed by atoms with Crippen molar-refractivity contribution in [2.75, 3.05) is 13.2 Å². The molecule has 2 aromatic heterocycles. The monoisotopic (exact) mass is 428 g/mol. The molecule has 0 aliphatic rings. The van der Waals surface area contributed by atoms with Gasteiger partial charge in [0.2, 0.25) is 0 Å². The number of nitrogens with one attached hydrogen (secondary N) is 1. The van der Waals surface area contributed by atoms with E-state index >= 15 is 0 Å². The second kappa shape index (κ2) is 10.4. The molecule has 0 saturated carbocycles. The smallest absolute Gasteiger partial charge is 0.332 e. The number of nitrogens with zero attached hydrogens (tertiary/aromatic N) is 3. The Balaban J connectivity index is 2.02. The number of rotatable bonds is 12. The summed E-state index contributed by atoms with van der Waals surface area (Å²) in [6.45, 7) is 5.06. The van der Waals surface area contributed by atoms with Gasteiger partial charge in [-0.1, -0.05) is 24.8 Å². The number of unbranched alkanes of at least 4 members (excludes halogenated alkanes) is 1. The Kier molecular flexibility index (Phi) is 6.53. The second-order valence-corrected chi connectivity index (χ2v) is 6.65. The SMILES string of the molecule is [2H]C([2H])(O)CCn1c(=O)c2[nH]c(Oc3cccc(OCC=C)c3)nc2n(CCCC=C)c1=O. The summed E-state index contributed by atoms with van der Waals surface area (Å²) >= 11 is 0. The van der Waals surface area contributed by atoms with Crippen LogP contribution in [0, 0.1) is 0 Å². The van der Waals surface area contributed by atoms with Gasteiger partial charge in [0.1, 0.15) is 18.1 Å². The summed E-state index contributed by atoms with van der Waals surface area (Å²) in [6.07, 6.45) is 4.15. The van der Waals surface area contributed by atoms with Crippen LogP contribution in [0.2, 0.25) is 0 Å². The number of aromatic amines is 1. The Labute approximate surface area is 181 Å². The van der Waals surface area contributed by atoms with Gasteiger partial charge in [-0.3, -0.25) is 13.9 Å². The summed E-state index contributed by atoms with van der Waals surface area (Å²) in [4.78, 5) is 33.1. The van der Waals surface area contributed by atoms with E-state index in [1.165, 1.54) is 4.57 Å². The molecule has 2 heterocycles. The highest BCUT2D eigenvalue weighted by atomic mass is 16.5. The minimum Gasteiger partial charge on any atom is -0.489 e. The summed E-state index contributed by atoms with van der Waals surface area (Å²) in [7, 11) is 0. The van der Waals surface area contributed by atoms with Gasteiger partial charge < -0.3 is 19.6 Å². The summed E-state index contributed by atoms with van der Waals surface area (Å²) in [5, 5.41) is 9.40. The van der Waals surface area contributed by atoms with Gasteiger partial charge >= 0.3 is 11.7 Å². The lowest BCUT2D eigenvalue weighted by atomic mass is 10.3. The number of fused-ring (bicyclic) bond motifs is 1. The van der Waals surface area contributed by atoms with Crippen molar-refractivity contribution in [3.63, 3.8) is 0 Å². The van der Waals surface area contributed by atoms with Gasteiger partial charge in [-0.15, -0.1) is 6.58 Å². The molecule has 0 aliphatic carbocycles. The topological polar surface area (TPSA) is 111 Å². The highest BCUT2D eigenvalue weighted by Gasteiger charge is 2.18. The zero-order valence-corrected chi connectivity index (χ0v) is 17.0. The fourth-order valence-electron chi connectivity index (χ4n) is 3.04. The number of H-pyrrole nitrogens is 1. The van der Waals surface area contributed by atoms with Crippen molar-refractivity contribution in [3.05, 3.63) is 70.4 Å². The predicted octanol–water partition coefficient (Wildman–Crippen LogP) is 2.59. The quantitative estimate of drug-likeness (QED) is 0.339. The van der Waals surface area contributed by atoms with E-state index in [1.54, 1.807) is 36.4 Å². The van der Waals surface area contributed by atoms with Crippen LogP contribution < -0.4 is 20.7 Å². The molecular formula is C22H26N4O5. The zero-order valence-electron chi connectivity index (χ0n) is 19.0. The van der Waals surface area contributed by atoms with Gasteiger partial charge in [0, 0.05) is 25.7 Å². The predicted molar refractivity (Wildman–Crippen MR) is 118 cm³/mol. The highest BCUT2D eigenvalue weighted by Crippen LogP contribution is 2.24. The van der Waals surface area contributed by atoms with Gasteiger partial charge in [-0.2, -0.15) is 4.98 Å². The van der Waals surface area contributed by atoms with E-state index in [1.807, 2.05) is 0 Å². The van der Waals surface area contributed by atoms with Crippen molar-refractivity contribution in [3.8, 4) is 17.5 Å². The zero-order chi connectivity index (χ0) is 24.0. The molecule has 3 aromatic rings. The number of hydrogen-bond acceptors (Lipinski definition) is 6. The lowest BCUT2D eigenvalue weighted by Gasteiger charge is -2.10. The molecule has 0 amide bonds. The molecule has 0 saturated heterocycles. The van der Waals surface area contributed by atoms with Crippen molar-refractivity contribution < 1.29 is 17.3 Å². The number of imidazole rings is 1. The van der Waals surface area contributed by atoms with Crippen LogP contribution >= 0.6 is 0 Å². The largest absolute Gasteiger partial charge is 0.489 e. The maximum atomic E-state index is 13.0. The molecule has 0 unspecified atom stereocenters. The molecule has 0 bridgehead atoms. The summed E-state index contributed by atoms with van der Waals surface area (Å²) < 4.78 is 28.1. The number of aliphatic hydroxyl groups is 1. The Morgan fingerprint density at radius 3 is 2.68 bits per heavy atom. The van der Waals surface area contributed by atoms with Crippen LogP contribution in [0.5, 0.6) is 17.5 Å². The molecule has 0 aliphatic heterocycles. The average molecular weight is 428 g/mol. The molecule has 3 rings (SSSR count). The van der Waals surface area contributed by atoms with E-state index in [9.17, 15) is 14.7 Å². The molecule has 0 radical (unpaired) electrons. The molecule has 164 valence electrons. The fourth-order valence-corrected chi connectivity index (χ4v) is 3.04. The molecule has 0 fully saturated rings. The summed E-state index contributed by atoms with van der Waals surface area (Å²) in [6, 6.07) is 6.83. The lowest BCUT2D eigenvalue weighted by Crippen LogP contribution is -2.40. The Morgan fingerprint density at radius 1 is 1.16 bits per heavy atom. The van der Waals surface area contributed by atoms with Crippen molar-refractivity contribution in [2.45, 2.75) is 32.4 Å². The van der Waals surface area contributed by atoms with Crippen LogP contribution in [-0.4, -0.2) is 37.4 Å². The maximum absolute atomic E-state index is 13.0. The van der Waals surface area contributed by atoms with E-state index in [0.717, 1.165) is 4.57 Å². The van der Waals surface area contributed by atoms with Crippen LogP contribution in [0.4, 0.5) is 0 Å². The minimum absolute atomic E-state index is 0.00933. The first kappa shape index (κ1) is 19.4. The Hall–Kier alpha value is -3.59. The first-order valence-corrected chi connectivity index (χ1v) is 9.81. The van der Waals surface area contributed by atoms with Crippen molar-refractivity contribution in [2.24, 2.45) is 0 Å². The average Bonchev–Trinajstić information content (AvgIpc) is 3.18. The van der Waals surface area contributed by atoms with Crippen LogP contribution in [0.25, 0.3) is 11.2 Å². The van der Waals surface area contributed by atoms with Crippen molar-refractivity contribution >= 4 is 11.2 Å². The van der Waals surface area contributed by atoms with Crippen LogP contribution in [0.1, 0.15) is 22.0 Å². The van der Waals surface area contributed by atoms with Gasteiger partial charge in [0.15, 0.2) is 11.2 Å². The van der Waals surface area contributed by atoms with Gasteiger partial charge in [-0.05, 0) is 31.4 Å². The number of hydrogen-bond donors (Lipinski definition) is 2. The van der Waals surface area contributed by atoms with Gasteiger partial charge in [-0.25, -0.2) is 4.79 Å². The molecule has 2 N–H and O–H groups in total. The van der Waals surface area contributed by atoms with E-state index in [-0.39, 0.29) is 30.3 Å². The van der Waals surface area contributed by atoms with Crippen LogP contribution in [0.15, 0.2) is 59.2 Å². The van der Waals surface area contributed by atoms with Gasteiger partial charge in [0.05, 0.1) is 2.74 Å². The van der Waals surface area contributed by atoms with E-state index in [2.05, 4.69) is 23.1 Å². The highest BCUT2D eigenvalue weighted by molar-refractivity contribution is 5.70. The van der Waals surface area contributed by atoms with E-state index in [4.69, 9.17) is 12.2 Å².